The first-order chi connectivity index (χ1) is 12.4. The van der Waals surface area contributed by atoms with Crippen molar-refractivity contribution in [2.75, 3.05) is 18.4 Å². The van der Waals surface area contributed by atoms with Crippen LogP contribution in [0.1, 0.15) is 32.1 Å². The lowest BCUT2D eigenvalue weighted by molar-refractivity contribution is -0.120. The number of amides is 1. The molecule has 2 fully saturated rings. The second-order valence-corrected chi connectivity index (χ2v) is 9.80. The number of allylic oxidation sites excluding steroid dienone is 2. The highest BCUT2D eigenvalue weighted by atomic mass is 35.5. The molecular weight excluding hydrogens is 372 g/mol. The van der Waals surface area contributed by atoms with Gasteiger partial charge in [-0.2, -0.15) is 4.31 Å². The normalized spacial score (nSPS) is 28.4. The number of halogens is 1. The Balaban J connectivity index is 1.54. The average Bonchev–Trinajstić information content (AvgIpc) is 3.27. The van der Waals surface area contributed by atoms with Crippen molar-refractivity contribution in [1.29, 1.82) is 0 Å². The maximum Gasteiger partial charge on any atom is 0.244 e. The minimum Gasteiger partial charge on any atom is -0.326 e. The molecule has 2 bridgehead atoms. The first kappa shape index (κ1) is 18.0. The van der Waals surface area contributed by atoms with Gasteiger partial charge in [0.15, 0.2) is 0 Å². The summed E-state index contributed by atoms with van der Waals surface area (Å²) in [4.78, 5) is 12.7. The molecule has 1 aromatic rings. The van der Waals surface area contributed by atoms with E-state index >= 15 is 0 Å². The number of nitrogens with one attached hydrogen (secondary N) is 1. The van der Waals surface area contributed by atoms with Crippen LogP contribution >= 0.6 is 11.6 Å². The van der Waals surface area contributed by atoms with Gasteiger partial charge in [-0.15, -0.1) is 0 Å². The summed E-state index contributed by atoms with van der Waals surface area (Å²) in [7, 11) is -3.64. The Morgan fingerprint density at radius 2 is 1.88 bits per heavy atom. The van der Waals surface area contributed by atoms with Crippen LogP contribution in [0.2, 0.25) is 5.02 Å². The van der Waals surface area contributed by atoms with Gasteiger partial charge < -0.3 is 5.32 Å². The second kappa shape index (κ2) is 6.98. The predicted octanol–water partition coefficient (Wildman–Crippen LogP) is 3.67. The number of rotatable bonds is 4. The molecule has 0 aromatic heterocycles. The van der Waals surface area contributed by atoms with Crippen molar-refractivity contribution < 1.29 is 13.2 Å². The zero-order chi connectivity index (χ0) is 18.3. The molecule has 26 heavy (non-hydrogen) atoms. The molecule has 7 heteroatoms. The molecule has 1 aliphatic heterocycles. The zero-order valence-electron chi connectivity index (χ0n) is 14.5. The molecule has 0 unspecified atom stereocenters. The highest BCUT2D eigenvalue weighted by Crippen LogP contribution is 2.44. The lowest BCUT2D eigenvalue weighted by atomic mass is 9.93. The molecule has 1 saturated heterocycles. The van der Waals surface area contributed by atoms with Crippen LogP contribution in [0.5, 0.6) is 0 Å². The van der Waals surface area contributed by atoms with E-state index < -0.39 is 10.0 Å². The fourth-order valence-electron chi connectivity index (χ4n) is 4.34. The van der Waals surface area contributed by atoms with Crippen molar-refractivity contribution in [2.24, 2.45) is 17.8 Å². The first-order valence-electron chi connectivity index (χ1n) is 9.24. The Labute approximate surface area is 159 Å². The van der Waals surface area contributed by atoms with Crippen LogP contribution in [0, 0.1) is 17.8 Å². The summed E-state index contributed by atoms with van der Waals surface area (Å²) in [5, 5.41) is 3.09. The number of benzene rings is 1. The predicted molar refractivity (Wildman–Crippen MR) is 102 cm³/mol. The molecule has 5 nitrogen and oxygen atoms in total. The van der Waals surface area contributed by atoms with E-state index in [1.54, 1.807) is 12.1 Å². The van der Waals surface area contributed by atoms with Crippen LogP contribution in [0.15, 0.2) is 35.2 Å². The summed E-state index contributed by atoms with van der Waals surface area (Å²) in [5.41, 5.74) is 0.488. The molecule has 3 atom stereocenters. The Bertz CT molecular complexity index is 846. The number of carbonyl (C=O) groups excluding carboxylic acids is 1. The van der Waals surface area contributed by atoms with Gasteiger partial charge in [0, 0.05) is 24.7 Å². The lowest BCUT2D eigenvalue weighted by Gasteiger charge is -2.26. The van der Waals surface area contributed by atoms with Crippen LogP contribution in [-0.4, -0.2) is 31.7 Å². The van der Waals surface area contributed by atoms with Crippen molar-refractivity contribution in [1.82, 2.24) is 4.31 Å². The summed E-state index contributed by atoms with van der Waals surface area (Å²) >= 11 is 6.19. The third-order valence-corrected chi connectivity index (χ3v) is 8.13. The molecule has 1 aromatic carbocycles. The summed E-state index contributed by atoms with van der Waals surface area (Å²) in [6.07, 6.45) is 9.03. The fourth-order valence-corrected chi connectivity index (χ4v) is 6.36. The van der Waals surface area contributed by atoms with Crippen molar-refractivity contribution in [3.8, 4) is 0 Å². The highest BCUT2D eigenvalue weighted by molar-refractivity contribution is 7.89. The Hall–Kier alpha value is -1.37. The van der Waals surface area contributed by atoms with Crippen LogP contribution in [0.4, 0.5) is 5.69 Å². The topological polar surface area (TPSA) is 66.5 Å². The molecule has 0 radical (unpaired) electrons. The number of nitrogens with zero attached hydrogens (tertiary/aromatic N) is 1. The van der Waals surface area contributed by atoms with E-state index in [0.717, 1.165) is 32.1 Å². The fraction of sp³-hybridized carbons (Fsp3) is 0.526. The third-order valence-electron chi connectivity index (χ3n) is 5.75. The van der Waals surface area contributed by atoms with Crippen LogP contribution in [0.25, 0.3) is 0 Å². The van der Waals surface area contributed by atoms with E-state index in [1.165, 1.54) is 10.4 Å². The first-order valence-corrected chi connectivity index (χ1v) is 11.1. The summed E-state index contributed by atoms with van der Waals surface area (Å²) in [5.74, 6) is 0.758. The van der Waals surface area contributed by atoms with Gasteiger partial charge in [-0.05, 0) is 55.7 Å². The molecule has 1 saturated carbocycles. The van der Waals surface area contributed by atoms with E-state index in [0.29, 0.717) is 30.6 Å². The number of piperidine rings is 1. The Kier molecular flexibility index (Phi) is 4.84. The number of sulfonamides is 1. The number of hydrogen-bond donors (Lipinski definition) is 1. The molecular formula is C19H23ClN2O3S. The summed E-state index contributed by atoms with van der Waals surface area (Å²) in [6.45, 7) is 1.04. The van der Waals surface area contributed by atoms with Gasteiger partial charge in [-0.25, -0.2) is 8.42 Å². The van der Waals surface area contributed by atoms with Crippen LogP contribution in [0.3, 0.4) is 0 Å². The van der Waals surface area contributed by atoms with Crippen LogP contribution < -0.4 is 5.32 Å². The van der Waals surface area contributed by atoms with Crippen molar-refractivity contribution in [3.05, 3.63) is 35.4 Å². The van der Waals surface area contributed by atoms with E-state index in [9.17, 15) is 13.2 Å². The molecule has 0 spiro atoms. The van der Waals surface area contributed by atoms with Crippen LogP contribution in [-0.2, 0) is 14.8 Å². The monoisotopic (exact) mass is 394 g/mol. The smallest absolute Gasteiger partial charge is 0.244 e. The molecule has 1 heterocycles. The van der Waals surface area contributed by atoms with Gasteiger partial charge in [0.05, 0.1) is 5.02 Å². The van der Waals surface area contributed by atoms with E-state index in [4.69, 9.17) is 11.6 Å². The van der Waals surface area contributed by atoms with E-state index in [2.05, 4.69) is 17.5 Å². The summed E-state index contributed by atoms with van der Waals surface area (Å²) < 4.78 is 27.3. The average molecular weight is 395 g/mol. The van der Waals surface area contributed by atoms with E-state index in [-0.39, 0.29) is 21.7 Å². The number of carbonyl (C=O) groups is 1. The standard InChI is InChI=1S/C19H23ClN2O3S/c20-17-7-6-15(21-19(23)16-11-13-4-5-14(16)10-13)12-18(17)26(24,25)22-8-2-1-3-9-22/h4-7,12-14,16H,1-3,8-11H2,(H,21,23)/t13-,14-,16+/m0/s1. The Morgan fingerprint density at radius 3 is 2.54 bits per heavy atom. The second-order valence-electron chi connectivity index (χ2n) is 7.49. The number of anilines is 1. The van der Waals surface area contributed by atoms with Crippen molar-refractivity contribution in [2.45, 2.75) is 37.0 Å². The molecule has 4 rings (SSSR count). The van der Waals surface area contributed by atoms with E-state index in [1.807, 2.05) is 0 Å². The molecule has 1 N–H and O–H groups in total. The number of hydrogen-bond acceptors (Lipinski definition) is 3. The van der Waals surface area contributed by atoms with Gasteiger partial charge in [0.1, 0.15) is 4.90 Å². The lowest BCUT2D eigenvalue weighted by Crippen LogP contribution is -2.35. The van der Waals surface area contributed by atoms with Crippen molar-refractivity contribution >= 4 is 33.2 Å². The quantitative estimate of drug-likeness (QED) is 0.792. The SMILES string of the molecule is O=C(Nc1ccc(Cl)c(S(=O)(=O)N2CCCCC2)c1)[C@@H]1C[C@H]2C=C[C@H]1C2. The third kappa shape index (κ3) is 3.30. The molecule has 3 aliphatic rings. The van der Waals surface area contributed by atoms with Crippen molar-refractivity contribution in [3.63, 3.8) is 0 Å². The maximum absolute atomic E-state index is 12.9. The Morgan fingerprint density at radius 1 is 1.12 bits per heavy atom. The number of fused-ring (bicyclic) bond motifs is 2. The molecule has 2 aliphatic carbocycles. The summed E-state index contributed by atoms with van der Waals surface area (Å²) in [6, 6.07) is 4.71. The van der Waals surface area contributed by atoms with Gasteiger partial charge in [0.2, 0.25) is 15.9 Å². The zero-order valence-corrected chi connectivity index (χ0v) is 16.1. The van der Waals surface area contributed by atoms with Gasteiger partial charge in [-0.3, -0.25) is 4.79 Å². The molecule has 140 valence electrons. The highest BCUT2D eigenvalue weighted by Gasteiger charge is 2.39. The van der Waals surface area contributed by atoms with Gasteiger partial charge in [-0.1, -0.05) is 30.2 Å². The maximum atomic E-state index is 12.9. The van der Waals surface area contributed by atoms with Gasteiger partial charge in [0.25, 0.3) is 0 Å². The minimum absolute atomic E-state index is 0.0252. The largest absolute Gasteiger partial charge is 0.326 e. The minimum atomic E-state index is -3.64. The van der Waals surface area contributed by atoms with Gasteiger partial charge >= 0.3 is 0 Å². The molecule has 1 amide bonds.